The normalized spacial score (nSPS) is 12.8. The Kier molecular flexibility index (Phi) is 5.45. The summed E-state index contributed by atoms with van der Waals surface area (Å²) in [5.41, 5.74) is 0. The van der Waals surface area contributed by atoms with Gasteiger partial charge in [0.05, 0.1) is 18.8 Å². The first-order valence-electron chi connectivity index (χ1n) is 4.18. The van der Waals surface area contributed by atoms with Crippen LogP contribution in [0.25, 0.3) is 0 Å². The first kappa shape index (κ1) is 11.2. The Hall–Kier alpha value is -0.770. The lowest BCUT2D eigenvalue weighted by Crippen LogP contribution is -2.38. The van der Waals surface area contributed by atoms with Crippen LogP contribution < -0.4 is 5.32 Å². The molecule has 0 aromatic carbocycles. The second-order valence-electron chi connectivity index (χ2n) is 2.89. The molecule has 0 aliphatic rings. The van der Waals surface area contributed by atoms with E-state index in [0.29, 0.717) is 6.42 Å². The number of carbonyl (C=O) groups is 1. The highest BCUT2D eigenvalue weighted by Gasteiger charge is 2.10. The van der Waals surface area contributed by atoms with Gasteiger partial charge < -0.3 is 15.2 Å². The Morgan fingerprint density at radius 1 is 1.58 bits per heavy atom. The molecule has 0 aliphatic heterocycles. The zero-order valence-corrected chi connectivity index (χ0v) is 7.83. The van der Waals surface area contributed by atoms with Crippen molar-refractivity contribution in [3.8, 4) is 0 Å². The van der Waals surface area contributed by atoms with Crippen LogP contribution in [0, 0.1) is 0 Å². The molecule has 0 rings (SSSR count). The molecule has 12 heavy (non-hydrogen) atoms. The van der Waals surface area contributed by atoms with Crippen molar-refractivity contribution in [2.75, 3.05) is 6.61 Å². The number of rotatable bonds is 4. The van der Waals surface area contributed by atoms with Crippen molar-refractivity contribution >= 4 is 6.09 Å². The van der Waals surface area contributed by atoms with Crippen molar-refractivity contribution in [2.45, 2.75) is 39.3 Å². The van der Waals surface area contributed by atoms with Crippen LogP contribution in [0.3, 0.4) is 0 Å². The quantitative estimate of drug-likeness (QED) is 0.667. The van der Waals surface area contributed by atoms with E-state index < -0.39 is 6.09 Å². The third kappa shape index (κ3) is 4.96. The van der Waals surface area contributed by atoms with Gasteiger partial charge in [-0.05, 0) is 20.3 Å². The number of nitrogens with one attached hydrogen (secondary N) is 1. The highest BCUT2D eigenvalue weighted by Crippen LogP contribution is 1.93. The van der Waals surface area contributed by atoms with E-state index >= 15 is 0 Å². The molecule has 0 unspecified atom stereocenters. The summed E-state index contributed by atoms with van der Waals surface area (Å²) < 4.78 is 4.82. The van der Waals surface area contributed by atoms with Crippen LogP contribution in [0.1, 0.15) is 27.2 Å². The van der Waals surface area contributed by atoms with Crippen LogP contribution in [-0.4, -0.2) is 30.0 Å². The fourth-order valence-electron chi connectivity index (χ4n) is 0.692. The smallest absolute Gasteiger partial charge is 0.407 e. The lowest BCUT2D eigenvalue weighted by Gasteiger charge is -2.15. The maximum Gasteiger partial charge on any atom is 0.407 e. The van der Waals surface area contributed by atoms with Gasteiger partial charge in [0.25, 0.3) is 0 Å². The second-order valence-corrected chi connectivity index (χ2v) is 2.89. The standard InChI is InChI=1S/C8H17NO3/c1-4-7(5-10)9-8(11)12-6(2)3/h6-7,10H,4-5H2,1-3H3,(H,9,11)/t7-/m1/s1. The lowest BCUT2D eigenvalue weighted by molar-refractivity contribution is 0.107. The summed E-state index contributed by atoms with van der Waals surface area (Å²) in [6, 6.07) is -0.198. The van der Waals surface area contributed by atoms with Crippen LogP contribution in [0.2, 0.25) is 0 Å². The molecule has 1 amide bonds. The molecule has 0 bridgehead atoms. The Morgan fingerprint density at radius 3 is 2.50 bits per heavy atom. The fraction of sp³-hybridized carbons (Fsp3) is 0.875. The van der Waals surface area contributed by atoms with Gasteiger partial charge in [0.15, 0.2) is 0 Å². The van der Waals surface area contributed by atoms with E-state index in [4.69, 9.17) is 9.84 Å². The largest absolute Gasteiger partial charge is 0.447 e. The average Bonchev–Trinajstić information content (AvgIpc) is 1.98. The zero-order chi connectivity index (χ0) is 9.56. The summed E-state index contributed by atoms with van der Waals surface area (Å²) >= 11 is 0. The van der Waals surface area contributed by atoms with E-state index in [2.05, 4.69) is 5.32 Å². The monoisotopic (exact) mass is 175 g/mol. The summed E-state index contributed by atoms with van der Waals surface area (Å²) in [4.78, 5) is 10.9. The number of aliphatic hydroxyl groups is 1. The van der Waals surface area contributed by atoms with E-state index in [9.17, 15) is 4.79 Å². The minimum Gasteiger partial charge on any atom is -0.447 e. The number of carbonyl (C=O) groups excluding carboxylic acids is 1. The molecule has 1 atom stereocenters. The number of alkyl carbamates (subject to hydrolysis) is 1. The molecule has 0 heterocycles. The van der Waals surface area contributed by atoms with E-state index in [1.54, 1.807) is 13.8 Å². The van der Waals surface area contributed by atoms with Crippen LogP contribution in [-0.2, 0) is 4.74 Å². The van der Waals surface area contributed by atoms with E-state index in [-0.39, 0.29) is 18.8 Å². The third-order valence-electron chi connectivity index (χ3n) is 1.38. The van der Waals surface area contributed by atoms with Gasteiger partial charge >= 0.3 is 6.09 Å². The molecule has 0 saturated carbocycles. The van der Waals surface area contributed by atoms with Gasteiger partial charge in [-0.3, -0.25) is 0 Å². The molecular weight excluding hydrogens is 158 g/mol. The predicted molar refractivity (Wildman–Crippen MR) is 45.9 cm³/mol. The molecule has 72 valence electrons. The van der Waals surface area contributed by atoms with Gasteiger partial charge in [-0.1, -0.05) is 6.92 Å². The Balaban J connectivity index is 3.66. The summed E-state index contributed by atoms with van der Waals surface area (Å²) in [7, 11) is 0. The summed E-state index contributed by atoms with van der Waals surface area (Å²) in [5.74, 6) is 0. The Morgan fingerprint density at radius 2 is 2.17 bits per heavy atom. The molecule has 4 nitrogen and oxygen atoms in total. The second kappa shape index (κ2) is 5.83. The number of hydrogen-bond donors (Lipinski definition) is 2. The van der Waals surface area contributed by atoms with Crippen LogP contribution in [0.15, 0.2) is 0 Å². The maximum absolute atomic E-state index is 10.9. The van der Waals surface area contributed by atoms with E-state index in [1.807, 2.05) is 6.92 Å². The molecule has 2 N–H and O–H groups in total. The van der Waals surface area contributed by atoms with Crippen LogP contribution in [0.5, 0.6) is 0 Å². The molecule has 0 aromatic heterocycles. The Labute approximate surface area is 72.9 Å². The third-order valence-corrected chi connectivity index (χ3v) is 1.38. The molecule has 0 aromatic rings. The van der Waals surface area contributed by atoms with Gasteiger partial charge in [-0.15, -0.1) is 0 Å². The van der Waals surface area contributed by atoms with Crippen molar-refractivity contribution in [3.05, 3.63) is 0 Å². The fourth-order valence-corrected chi connectivity index (χ4v) is 0.692. The Bertz CT molecular complexity index is 132. The lowest BCUT2D eigenvalue weighted by atomic mass is 10.2. The van der Waals surface area contributed by atoms with Crippen molar-refractivity contribution in [2.24, 2.45) is 0 Å². The topological polar surface area (TPSA) is 58.6 Å². The first-order valence-corrected chi connectivity index (χ1v) is 4.18. The minimum atomic E-state index is -0.467. The van der Waals surface area contributed by atoms with E-state index in [0.717, 1.165) is 0 Å². The number of ether oxygens (including phenoxy) is 1. The van der Waals surface area contributed by atoms with E-state index in [1.165, 1.54) is 0 Å². The molecule has 0 aliphatic carbocycles. The van der Waals surface area contributed by atoms with Crippen molar-refractivity contribution in [1.82, 2.24) is 5.32 Å². The van der Waals surface area contributed by atoms with Gasteiger partial charge in [0, 0.05) is 0 Å². The summed E-state index contributed by atoms with van der Waals surface area (Å²) in [5, 5.41) is 11.3. The number of amides is 1. The van der Waals surface area contributed by atoms with Gasteiger partial charge in [0.1, 0.15) is 0 Å². The highest BCUT2D eigenvalue weighted by molar-refractivity contribution is 5.67. The molecular formula is C8H17NO3. The van der Waals surface area contributed by atoms with Crippen LogP contribution in [0.4, 0.5) is 4.79 Å². The number of hydrogen-bond acceptors (Lipinski definition) is 3. The van der Waals surface area contributed by atoms with Gasteiger partial charge in [0.2, 0.25) is 0 Å². The zero-order valence-electron chi connectivity index (χ0n) is 7.83. The molecule has 0 spiro atoms. The number of aliphatic hydroxyl groups excluding tert-OH is 1. The summed E-state index contributed by atoms with van der Waals surface area (Å²) in [6.07, 6.45) is 0.107. The highest BCUT2D eigenvalue weighted by atomic mass is 16.6. The van der Waals surface area contributed by atoms with Gasteiger partial charge in [-0.2, -0.15) is 0 Å². The molecule has 0 fully saturated rings. The molecule has 4 heteroatoms. The summed E-state index contributed by atoms with van der Waals surface area (Å²) in [6.45, 7) is 5.39. The van der Waals surface area contributed by atoms with Crippen molar-refractivity contribution < 1.29 is 14.6 Å². The van der Waals surface area contributed by atoms with Crippen LogP contribution >= 0.6 is 0 Å². The molecule has 0 radical (unpaired) electrons. The molecule has 0 saturated heterocycles. The SMILES string of the molecule is CC[C@H](CO)NC(=O)OC(C)C. The maximum atomic E-state index is 10.9. The predicted octanol–water partition coefficient (Wildman–Crippen LogP) is 0.892. The van der Waals surface area contributed by atoms with Gasteiger partial charge in [-0.25, -0.2) is 4.79 Å². The first-order chi connectivity index (χ1) is 5.60. The minimum absolute atomic E-state index is 0.0519. The van der Waals surface area contributed by atoms with Crippen molar-refractivity contribution in [1.29, 1.82) is 0 Å². The average molecular weight is 175 g/mol. The van der Waals surface area contributed by atoms with Crippen molar-refractivity contribution in [3.63, 3.8) is 0 Å².